The van der Waals surface area contributed by atoms with Gasteiger partial charge in [0.05, 0.1) is 18.4 Å². The number of carbonyl (C=O) groups is 1. The van der Waals surface area contributed by atoms with Crippen LogP contribution >= 0.6 is 0 Å². The quantitative estimate of drug-likeness (QED) is 0.207. The number of piperazine rings is 1. The molecule has 1 amide bonds. The number of ether oxygens (including phenoxy) is 1. The molecule has 3 aliphatic rings. The standard InChI is InChI=1S/C37H43N9O2/c1-26-8-5-9-28-10-6-12-33(35(26)28)44-17-15-31-32(24-44)40-37(48-25-29-11-7-16-42(29)3)41-36(31)45-18-19-46(30(23-45)21-38-2)34(47)14-13-27-20-39-43(4)22-27/h5-6,8-10,12-14,20,22,29-30H,7,11,15-19,21,23-25H2,1,3-4H3/b14-13+/t29-,30-/m0/s1. The van der Waals surface area contributed by atoms with E-state index in [-0.39, 0.29) is 18.5 Å². The van der Waals surface area contributed by atoms with Crippen molar-refractivity contribution in [3.8, 4) is 6.01 Å². The van der Waals surface area contributed by atoms with Crippen LogP contribution in [0.25, 0.3) is 21.7 Å². The number of aromatic nitrogens is 4. The molecule has 5 heterocycles. The van der Waals surface area contributed by atoms with Crippen LogP contribution in [0.1, 0.15) is 35.2 Å². The number of hydrogen-bond donors (Lipinski definition) is 0. The summed E-state index contributed by atoms with van der Waals surface area (Å²) in [6.45, 7) is 14.8. The molecule has 2 saturated heterocycles. The minimum Gasteiger partial charge on any atom is -0.462 e. The second-order valence-electron chi connectivity index (χ2n) is 13.2. The fourth-order valence-electron chi connectivity index (χ4n) is 7.44. The average Bonchev–Trinajstić information content (AvgIpc) is 3.72. The maximum atomic E-state index is 13.4. The molecule has 248 valence electrons. The summed E-state index contributed by atoms with van der Waals surface area (Å²) >= 11 is 0. The molecule has 2 aromatic heterocycles. The van der Waals surface area contributed by atoms with Crippen LogP contribution in [0.2, 0.25) is 0 Å². The maximum absolute atomic E-state index is 13.4. The molecule has 0 spiro atoms. The number of likely N-dealkylation sites (tertiary alicyclic amines) is 1. The van der Waals surface area contributed by atoms with Crippen molar-refractivity contribution in [2.75, 3.05) is 62.7 Å². The topological polar surface area (TPSA) is 87.2 Å². The SMILES string of the molecule is [C-]#[N+]C[C@H]1CN(c2nc(OC[C@@H]3CCCN3C)nc3c2CCN(c2cccc4cccc(C)c24)C3)CCN1C(=O)/C=C/c1cnn(C)c1. The Balaban J connectivity index is 1.17. The van der Waals surface area contributed by atoms with Crippen molar-refractivity contribution in [1.29, 1.82) is 0 Å². The van der Waals surface area contributed by atoms with E-state index >= 15 is 0 Å². The van der Waals surface area contributed by atoms with Crippen LogP contribution in [-0.4, -0.2) is 100 Å². The third kappa shape index (κ3) is 6.45. The summed E-state index contributed by atoms with van der Waals surface area (Å²) in [6, 6.07) is 13.5. The Morgan fingerprint density at radius 3 is 2.69 bits per heavy atom. The number of fused-ring (bicyclic) bond motifs is 2. The van der Waals surface area contributed by atoms with Crippen molar-refractivity contribution in [1.82, 2.24) is 29.5 Å². The van der Waals surface area contributed by atoms with Gasteiger partial charge >= 0.3 is 6.01 Å². The molecule has 4 aromatic rings. The summed E-state index contributed by atoms with van der Waals surface area (Å²) < 4.78 is 8.07. The van der Waals surface area contributed by atoms with Crippen LogP contribution in [0.5, 0.6) is 6.01 Å². The number of amides is 1. The molecule has 0 aliphatic carbocycles. The van der Waals surface area contributed by atoms with Gasteiger partial charge in [-0.05, 0) is 62.9 Å². The van der Waals surface area contributed by atoms with Crippen LogP contribution in [0.4, 0.5) is 11.5 Å². The lowest BCUT2D eigenvalue weighted by Gasteiger charge is -2.41. The number of aryl methyl sites for hydroxylation is 2. The van der Waals surface area contributed by atoms with Gasteiger partial charge in [-0.1, -0.05) is 30.3 Å². The third-order valence-corrected chi connectivity index (χ3v) is 10.0. The number of carbonyl (C=O) groups excluding carboxylic acids is 1. The van der Waals surface area contributed by atoms with Gasteiger partial charge in [-0.3, -0.25) is 9.48 Å². The highest BCUT2D eigenvalue weighted by atomic mass is 16.5. The third-order valence-electron chi connectivity index (χ3n) is 10.0. The molecule has 3 aliphatic heterocycles. The van der Waals surface area contributed by atoms with E-state index in [4.69, 9.17) is 21.3 Å². The van der Waals surface area contributed by atoms with Crippen molar-refractivity contribution in [2.45, 2.75) is 44.8 Å². The fourth-order valence-corrected chi connectivity index (χ4v) is 7.44. The fraction of sp³-hybridized carbons (Fsp3) is 0.432. The molecule has 7 rings (SSSR count). The van der Waals surface area contributed by atoms with Gasteiger partial charge in [0.2, 0.25) is 12.5 Å². The first kappa shape index (κ1) is 31.6. The molecule has 0 bridgehead atoms. The van der Waals surface area contributed by atoms with Gasteiger partial charge in [0.15, 0.2) is 0 Å². The first-order chi connectivity index (χ1) is 23.4. The van der Waals surface area contributed by atoms with E-state index in [1.54, 1.807) is 23.0 Å². The lowest BCUT2D eigenvalue weighted by molar-refractivity contribution is -0.128. The molecule has 11 nitrogen and oxygen atoms in total. The lowest BCUT2D eigenvalue weighted by atomic mass is 9.99. The van der Waals surface area contributed by atoms with E-state index in [1.165, 1.54) is 28.4 Å². The van der Waals surface area contributed by atoms with Gasteiger partial charge in [0.25, 0.3) is 0 Å². The molecule has 0 unspecified atom stereocenters. The zero-order valence-electron chi connectivity index (χ0n) is 28.0. The number of rotatable bonds is 8. The highest BCUT2D eigenvalue weighted by Gasteiger charge is 2.35. The molecular formula is C37H43N9O2. The zero-order chi connectivity index (χ0) is 33.2. The average molecular weight is 646 g/mol. The van der Waals surface area contributed by atoms with Crippen molar-refractivity contribution in [3.05, 3.63) is 88.7 Å². The van der Waals surface area contributed by atoms with E-state index < -0.39 is 0 Å². The van der Waals surface area contributed by atoms with Gasteiger partial charge in [-0.2, -0.15) is 15.1 Å². The second-order valence-corrected chi connectivity index (χ2v) is 13.2. The first-order valence-corrected chi connectivity index (χ1v) is 16.9. The summed E-state index contributed by atoms with van der Waals surface area (Å²) in [7, 11) is 4.00. The van der Waals surface area contributed by atoms with Gasteiger partial charge in [0.1, 0.15) is 18.5 Å². The maximum Gasteiger partial charge on any atom is 0.318 e. The molecule has 11 heteroatoms. The minimum absolute atomic E-state index is 0.0948. The van der Waals surface area contributed by atoms with Crippen molar-refractivity contribution >= 4 is 34.3 Å². The molecule has 0 radical (unpaired) electrons. The molecule has 2 fully saturated rings. The highest BCUT2D eigenvalue weighted by molar-refractivity contribution is 5.97. The molecule has 2 aromatic carbocycles. The lowest BCUT2D eigenvalue weighted by Crippen LogP contribution is -2.56. The van der Waals surface area contributed by atoms with E-state index in [9.17, 15) is 4.79 Å². The Kier molecular flexibility index (Phi) is 9.00. The normalized spacial score (nSPS) is 20.0. The van der Waals surface area contributed by atoms with Crippen LogP contribution in [-0.2, 0) is 24.8 Å². The van der Waals surface area contributed by atoms with Crippen molar-refractivity contribution in [3.63, 3.8) is 0 Å². The molecule has 48 heavy (non-hydrogen) atoms. The first-order valence-electron chi connectivity index (χ1n) is 16.9. The Morgan fingerprint density at radius 2 is 1.92 bits per heavy atom. The van der Waals surface area contributed by atoms with Gasteiger partial charge in [0, 0.05) is 73.7 Å². The number of nitrogens with zero attached hydrogens (tertiary/aromatic N) is 9. The van der Waals surface area contributed by atoms with Crippen LogP contribution < -0.4 is 14.5 Å². The van der Waals surface area contributed by atoms with Crippen LogP contribution in [0.3, 0.4) is 0 Å². The molecule has 2 atom stereocenters. The summed E-state index contributed by atoms with van der Waals surface area (Å²) in [5.41, 5.74) is 5.45. The number of hydrogen-bond acceptors (Lipinski definition) is 8. The minimum atomic E-state index is -0.261. The van der Waals surface area contributed by atoms with Gasteiger partial charge < -0.3 is 29.2 Å². The number of anilines is 2. The zero-order valence-corrected chi connectivity index (χ0v) is 28.0. The van der Waals surface area contributed by atoms with E-state index in [2.05, 4.69) is 75.0 Å². The summed E-state index contributed by atoms with van der Waals surface area (Å²) in [4.78, 5) is 36.0. The van der Waals surface area contributed by atoms with E-state index in [0.29, 0.717) is 44.8 Å². The predicted molar refractivity (Wildman–Crippen MR) is 188 cm³/mol. The molecular weight excluding hydrogens is 602 g/mol. The Labute approximate surface area is 282 Å². The smallest absolute Gasteiger partial charge is 0.318 e. The van der Waals surface area contributed by atoms with Crippen molar-refractivity contribution < 1.29 is 9.53 Å². The monoisotopic (exact) mass is 645 g/mol. The molecule has 0 N–H and O–H groups in total. The van der Waals surface area contributed by atoms with Crippen LogP contribution in [0.15, 0.2) is 54.9 Å². The summed E-state index contributed by atoms with van der Waals surface area (Å²) in [5.74, 6) is 0.777. The Hall–Kier alpha value is -4.95. The van der Waals surface area contributed by atoms with Gasteiger partial charge in [-0.15, -0.1) is 0 Å². The number of benzene rings is 2. The summed E-state index contributed by atoms with van der Waals surface area (Å²) in [6.07, 6.45) is 10.0. The van der Waals surface area contributed by atoms with Crippen LogP contribution in [0, 0.1) is 13.5 Å². The van der Waals surface area contributed by atoms with E-state index in [0.717, 1.165) is 48.6 Å². The van der Waals surface area contributed by atoms with Crippen molar-refractivity contribution in [2.24, 2.45) is 7.05 Å². The Bertz CT molecular complexity index is 1870. The second kappa shape index (κ2) is 13.6. The molecule has 0 saturated carbocycles. The predicted octanol–water partition coefficient (Wildman–Crippen LogP) is 4.36. The van der Waals surface area contributed by atoms with E-state index in [1.807, 2.05) is 18.1 Å². The Morgan fingerprint density at radius 1 is 1.06 bits per heavy atom. The number of likely N-dealkylation sites (N-methyl/N-ethyl adjacent to an activating group) is 1. The largest absolute Gasteiger partial charge is 0.462 e. The summed E-state index contributed by atoms with van der Waals surface area (Å²) in [5, 5.41) is 6.69. The highest BCUT2D eigenvalue weighted by Crippen LogP contribution is 2.36. The van der Waals surface area contributed by atoms with Gasteiger partial charge in [-0.25, -0.2) is 6.57 Å².